The van der Waals surface area contributed by atoms with Gasteiger partial charge in [0.15, 0.2) is 0 Å². The van der Waals surface area contributed by atoms with E-state index in [1.807, 2.05) is 18.7 Å². The molecule has 0 aromatic heterocycles. The second-order valence-corrected chi connectivity index (χ2v) is 7.04. The lowest BCUT2D eigenvalue weighted by Gasteiger charge is -2.42. The molecule has 0 bridgehead atoms. The predicted octanol–water partition coefficient (Wildman–Crippen LogP) is 2.18. The van der Waals surface area contributed by atoms with E-state index in [9.17, 15) is 9.59 Å². The molecule has 4 heteroatoms. The van der Waals surface area contributed by atoms with Gasteiger partial charge in [0.05, 0.1) is 0 Å². The van der Waals surface area contributed by atoms with E-state index in [1.54, 1.807) is 6.92 Å². The van der Waals surface area contributed by atoms with Crippen LogP contribution in [0.5, 0.6) is 0 Å². The number of rotatable bonds is 3. The van der Waals surface area contributed by atoms with E-state index in [0.29, 0.717) is 5.92 Å². The third-order valence-electron chi connectivity index (χ3n) is 4.84. The Morgan fingerprint density at radius 3 is 2.30 bits per heavy atom. The highest BCUT2D eigenvalue weighted by atomic mass is 16.2. The minimum atomic E-state index is -0.375. The minimum absolute atomic E-state index is 0.0104. The standard InChI is InChI=1S/C16H28N2O2/c1-10(2)14-15(19)17-12(4)16(20)18(14)9-13-7-5-11(3)6-8-13/h10-14H,5-9H2,1-4H3,(H,17,19). The monoisotopic (exact) mass is 280 g/mol. The van der Waals surface area contributed by atoms with E-state index in [4.69, 9.17) is 0 Å². The first-order valence-corrected chi connectivity index (χ1v) is 8.01. The Bertz CT molecular complexity index is 373. The van der Waals surface area contributed by atoms with Crippen LogP contribution in [0.2, 0.25) is 0 Å². The van der Waals surface area contributed by atoms with Crippen molar-refractivity contribution in [3.63, 3.8) is 0 Å². The predicted molar refractivity (Wildman–Crippen MR) is 79.1 cm³/mol. The lowest BCUT2D eigenvalue weighted by Crippen LogP contribution is -2.64. The van der Waals surface area contributed by atoms with E-state index in [-0.39, 0.29) is 29.8 Å². The number of carbonyl (C=O) groups is 2. The van der Waals surface area contributed by atoms with Gasteiger partial charge in [-0.1, -0.05) is 33.6 Å². The van der Waals surface area contributed by atoms with Crippen LogP contribution in [0, 0.1) is 17.8 Å². The van der Waals surface area contributed by atoms with Crippen LogP contribution < -0.4 is 5.32 Å². The van der Waals surface area contributed by atoms with Gasteiger partial charge in [-0.2, -0.15) is 0 Å². The maximum absolute atomic E-state index is 12.4. The Labute approximate surface area is 122 Å². The zero-order valence-corrected chi connectivity index (χ0v) is 13.2. The summed E-state index contributed by atoms with van der Waals surface area (Å²) < 4.78 is 0. The SMILES string of the molecule is CC1CCC(CN2C(=O)C(C)NC(=O)C2C(C)C)CC1. The van der Waals surface area contributed by atoms with E-state index in [1.165, 1.54) is 25.7 Å². The fourth-order valence-electron chi connectivity index (χ4n) is 3.54. The highest BCUT2D eigenvalue weighted by Gasteiger charge is 2.41. The van der Waals surface area contributed by atoms with Crippen molar-refractivity contribution in [1.29, 1.82) is 0 Å². The number of nitrogens with one attached hydrogen (secondary N) is 1. The zero-order valence-electron chi connectivity index (χ0n) is 13.2. The lowest BCUT2D eigenvalue weighted by molar-refractivity contribution is -0.151. The van der Waals surface area contributed by atoms with Crippen LogP contribution in [-0.4, -0.2) is 35.3 Å². The third kappa shape index (κ3) is 3.15. The molecule has 0 spiro atoms. The van der Waals surface area contributed by atoms with Crippen molar-refractivity contribution in [3.05, 3.63) is 0 Å². The van der Waals surface area contributed by atoms with Crippen molar-refractivity contribution >= 4 is 11.8 Å². The van der Waals surface area contributed by atoms with Gasteiger partial charge in [-0.05, 0) is 37.5 Å². The third-order valence-corrected chi connectivity index (χ3v) is 4.84. The van der Waals surface area contributed by atoms with E-state index < -0.39 is 0 Å². The summed E-state index contributed by atoms with van der Waals surface area (Å²) in [5.74, 6) is 1.63. The molecular formula is C16H28N2O2. The molecule has 1 saturated carbocycles. The molecule has 1 saturated heterocycles. The molecule has 0 radical (unpaired) electrons. The average molecular weight is 280 g/mol. The molecule has 2 atom stereocenters. The summed E-state index contributed by atoms with van der Waals surface area (Å²) in [6, 6.07) is -0.668. The van der Waals surface area contributed by atoms with E-state index >= 15 is 0 Å². The Morgan fingerprint density at radius 2 is 1.75 bits per heavy atom. The molecule has 2 amide bonds. The van der Waals surface area contributed by atoms with Crippen molar-refractivity contribution in [2.24, 2.45) is 17.8 Å². The minimum Gasteiger partial charge on any atom is -0.343 e. The van der Waals surface area contributed by atoms with Gasteiger partial charge >= 0.3 is 0 Å². The second kappa shape index (κ2) is 6.15. The fourth-order valence-corrected chi connectivity index (χ4v) is 3.54. The van der Waals surface area contributed by atoms with E-state index in [2.05, 4.69) is 12.2 Å². The topological polar surface area (TPSA) is 49.4 Å². The largest absolute Gasteiger partial charge is 0.343 e. The van der Waals surface area contributed by atoms with Gasteiger partial charge in [0, 0.05) is 6.54 Å². The lowest BCUT2D eigenvalue weighted by atomic mass is 9.82. The molecule has 0 aromatic rings. The first-order chi connectivity index (χ1) is 9.40. The maximum atomic E-state index is 12.4. The maximum Gasteiger partial charge on any atom is 0.245 e. The summed E-state index contributed by atoms with van der Waals surface area (Å²) in [5.41, 5.74) is 0. The van der Waals surface area contributed by atoms with Gasteiger partial charge in [-0.3, -0.25) is 9.59 Å². The van der Waals surface area contributed by atoms with Crippen LogP contribution in [0.25, 0.3) is 0 Å². The number of carbonyl (C=O) groups excluding carboxylic acids is 2. The molecule has 2 aliphatic rings. The number of hydrogen-bond acceptors (Lipinski definition) is 2. The summed E-state index contributed by atoms with van der Waals surface area (Å²) >= 11 is 0. The molecular weight excluding hydrogens is 252 g/mol. The summed E-state index contributed by atoms with van der Waals surface area (Å²) in [6.45, 7) is 8.88. The first-order valence-electron chi connectivity index (χ1n) is 8.01. The van der Waals surface area contributed by atoms with Gasteiger partial charge in [-0.15, -0.1) is 0 Å². The molecule has 20 heavy (non-hydrogen) atoms. The molecule has 1 aliphatic heterocycles. The van der Waals surface area contributed by atoms with Crippen molar-refractivity contribution in [2.75, 3.05) is 6.54 Å². The Morgan fingerprint density at radius 1 is 1.15 bits per heavy atom. The van der Waals surface area contributed by atoms with Crippen LogP contribution >= 0.6 is 0 Å². The van der Waals surface area contributed by atoms with Gasteiger partial charge in [0.2, 0.25) is 11.8 Å². The average Bonchev–Trinajstić information content (AvgIpc) is 2.37. The number of nitrogens with zero attached hydrogens (tertiary/aromatic N) is 1. The van der Waals surface area contributed by atoms with Crippen molar-refractivity contribution in [1.82, 2.24) is 10.2 Å². The molecule has 4 nitrogen and oxygen atoms in total. The molecule has 1 aliphatic carbocycles. The van der Waals surface area contributed by atoms with Crippen molar-refractivity contribution in [3.8, 4) is 0 Å². The van der Waals surface area contributed by atoms with Crippen molar-refractivity contribution in [2.45, 2.75) is 65.5 Å². The van der Waals surface area contributed by atoms with E-state index in [0.717, 1.165) is 12.5 Å². The molecule has 1 heterocycles. The van der Waals surface area contributed by atoms with Crippen LogP contribution in [0.3, 0.4) is 0 Å². The van der Waals surface area contributed by atoms with Crippen LogP contribution in [-0.2, 0) is 9.59 Å². The fraction of sp³-hybridized carbons (Fsp3) is 0.875. The van der Waals surface area contributed by atoms with Gasteiger partial charge < -0.3 is 10.2 Å². The van der Waals surface area contributed by atoms with Crippen molar-refractivity contribution < 1.29 is 9.59 Å². The second-order valence-electron chi connectivity index (χ2n) is 7.04. The van der Waals surface area contributed by atoms with Gasteiger partial charge in [0.1, 0.15) is 12.1 Å². The van der Waals surface area contributed by atoms with Gasteiger partial charge in [0.25, 0.3) is 0 Å². The molecule has 2 unspecified atom stereocenters. The molecule has 1 N–H and O–H groups in total. The van der Waals surface area contributed by atoms with Gasteiger partial charge in [-0.25, -0.2) is 0 Å². The smallest absolute Gasteiger partial charge is 0.245 e. The quantitative estimate of drug-likeness (QED) is 0.861. The summed E-state index contributed by atoms with van der Waals surface area (Å²) in [7, 11) is 0. The number of hydrogen-bond donors (Lipinski definition) is 1. The van der Waals surface area contributed by atoms with Crippen LogP contribution in [0.1, 0.15) is 53.4 Å². The summed E-state index contributed by atoms with van der Waals surface area (Å²) in [6.07, 6.45) is 4.87. The highest BCUT2D eigenvalue weighted by molar-refractivity contribution is 5.96. The summed E-state index contributed by atoms with van der Waals surface area (Å²) in [4.78, 5) is 26.5. The molecule has 114 valence electrons. The van der Waals surface area contributed by atoms with Crippen LogP contribution in [0.4, 0.5) is 0 Å². The number of piperazine rings is 1. The highest BCUT2D eigenvalue weighted by Crippen LogP contribution is 2.30. The first kappa shape index (κ1) is 15.3. The molecule has 0 aromatic carbocycles. The molecule has 2 rings (SSSR count). The molecule has 2 fully saturated rings. The zero-order chi connectivity index (χ0) is 14.9. The summed E-state index contributed by atoms with van der Waals surface area (Å²) in [5, 5.41) is 2.80. The Hall–Kier alpha value is -1.06. The Balaban J connectivity index is 2.08. The van der Waals surface area contributed by atoms with Crippen LogP contribution in [0.15, 0.2) is 0 Å². The number of amides is 2. The Kier molecular flexibility index (Phi) is 4.71. The normalized spacial score (nSPS) is 35.4.